The molecule has 2 amide bonds. The Morgan fingerprint density at radius 3 is 1.40 bits per heavy atom. The second-order valence-electron chi connectivity index (χ2n) is 10.8. The van der Waals surface area contributed by atoms with Crippen molar-refractivity contribution >= 4 is 47.3 Å². The predicted octanol–water partition coefficient (Wildman–Crippen LogP) is 6.08. The Labute approximate surface area is 287 Å². The molecule has 1 fully saturated rings. The Hall–Kier alpha value is -4.94. The topological polar surface area (TPSA) is 112 Å². The zero-order chi connectivity index (χ0) is 34.2. The molecule has 0 aliphatic carbocycles. The predicted molar refractivity (Wildman–Crippen MR) is 182 cm³/mol. The summed E-state index contributed by atoms with van der Waals surface area (Å²) in [6, 6.07) is 22.4. The van der Waals surface area contributed by atoms with Gasteiger partial charge >= 0.3 is 11.9 Å². The van der Waals surface area contributed by atoms with Crippen molar-refractivity contribution in [1.29, 1.82) is 0 Å². The van der Waals surface area contributed by atoms with Crippen molar-refractivity contribution in [3.63, 3.8) is 0 Å². The first-order valence-electron chi connectivity index (χ1n) is 15.0. The maximum absolute atomic E-state index is 14.1. The van der Waals surface area contributed by atoms with Crippen LogP contribution in [0.1, 0.15) is 25.0 Å². The summed E-state index contributed by atoms with van der Waals surface area (Å²) in [6.45, 7) is 10.8. The number of carbonyl (C=O) groups excluding carboxylic acids is 4. The molecule has 3 aromatic carbocycles. The lowest BCUT2D eigenvalue weighted by atomic mass is 10.2. The molecule has 10 nitrogen and oxygen atoms in total. The van der Waals surface area contributed by atoms with Crippen LogP contribution in [0.2, 0.25) is 0 Å². The first-order chi connectivity index (χ1) is 23.1. The van der Waals surface area contributed by atoms with E-state index in [-0.39, 0.29) is 56.2 Å². The number of rotatable bonds is 14. The van der Waals surface area contributed by atoms with Crippen molar-refractivity contribution in [3.05, 3.63) is 118 Å². The smallest absolute Gasteiger partial charge is 0.333 e. The van der Waals surface area contributed by atoms with Gasteiger partial charge in [0.05, 0.1) is 27.1 Å². The number of esters is 2. The monoisotopic (exact) mass is 686 g/mol. The van der Waals surface area contributed by atoms with Crippen LogP contribution in [0, 0.1) is 0 Å². The molecule has 2 heterocycles. The van der Waals surface area contributed by atoms with Gasteiger partial charge in [0, 0.05) is 11.1 Å². The number of benzene rings is 3. The van der Waals surface area contributed by atoms with Crippen molar-refractivity contribution in [2.24, 2.45) is 0 Å². The molecule has 0 radical (unpaired) electrons. The molecule has 0 atom stereocenters. The molecule has 248 valence electrons. The van der Waals surface area contributed by atoms with Crippen molar-refractivity contribution in [2.75, 3.05) is 26.4 Å². The molecule has 1 saturated heterocycles. The molecule has 2 aliphatic heterocycles. The van der Waals surface area contributed by atoms with E-state index in [1.54, 1.807) is 26.0 Å². The Balaban J connectivity index is 1.43. The summed E-state index contributed by atoms with van der Waals surface area (Å²) < 4.78 is 22.8. The van der Waals surface area contributed by atoms with Crippen LogP contribution in [0.3, 0.4) is 0 Å². The first-order valence-corrected chi connectivity index (χ1v) is 16.7. The minimum absolute atomic E-state index is 0.00156. The van der Waals surface area contributed by atoms with E-state index in [4.69, 9.17) is 18.9 Å². The maximum Gasteiger partial charge on any atom is 0.333 e. The number of carbonyl (C=O) groups is 4. The summed E-state index contributed by atoms with van der Waals surface area (Å²) in [5.74, 6) is -0.932. The van der Waals surface area contributed by atoms with Crippen LogP contribution >= 0.6 is 23.5 Å². The molecular weight excluding hydrogens is 653 g/mol. The van der Waals surface area contributed by atoms with Gasteiger partial charge < -0.3 is 18.9 Å². The van der Waals surface area contributed by atoms with E-state index >= 15 is 0 Å². The van der Waals surface area contributed by atoms with Crippen LogP contribution in [0.25, 0.3) is 0 Å². The van der Waals surface area contributed by atoms with E-state index < -0.39 is 23.8 Å². The van der Waals surface area contributed by atoms with Crippen LogP contribution < -0.4 is 9.47 Å². The van der Waals surface area contributed by atoms with Gasteiger partial charge in [0.2, 0.25) is 0 Å². The fourth-order valence-corrected chi connectivity index (χ4v) is 7.33. The highest BCUT2D eigenvalue weighted by Gasteiger charge is 2.45. The van der Waals surface area contributed by atoms with Crippen LogP contribution in [0.15, 0.2) is 117 Å². The van der Waals surface area contributed by atoms with Crippen LogP contribution in [-0.2, 0) is 41.7 Å². The lowest BCUT2D eigenvalue weighted by Gasteiger charge is -2.27. The highest BCUT2D eigenvalue weighted by atomic mass is 32.2. The van der Waals surface area contributed by atoms with Gasteiger partial charge in [-0.3, -0.25) is 9.59 Å². The summed E-state index contributed by atoms with van der Waals surface area (Å²) in [5.41, 5.74) is 2.37. The highest BCUT2D eigenvalue weighted by molar-refractivity contribution is 8.25. The minimum Gasteiger partial charge on any atom is -0.489 e. The third kappa shape index (κ3) is 8.12. The van der Waals surface area contributed by atoms with E-state index in [0.29, 0.717) is 25.5 Å². The van der Waals surface area contributed by atoms with Crippen molar-refractivity contribution in [3.8, 4) is 11.5 Å². The van der Waals surface area contributed by atoms with Gasteiger partial charge in [-0.25, -0.2) is 19.6 Å². The average Bonchev–Trinajstić information content (AvgIpc) is 3.61. The molecule has 0 saturated carbocycles. The summed E-state index contributed by atoms with van der Waals surface area (Å²) in [5, 5.41) is 2.97. The largest absolute Gasteiger partial charge is 0.489 e. The summed E-state index contributed by atoms with van der Waals surface area (Å²) in [7, 11) is 0. The Morgan fingerprint density at radius 1 is 0.625 bits per heavy atom. The number of ether oxygens (including phenoxy) is 4. The highest BCUT2D eigenvalue weighted by Crippen LogP contribution is 2.59. The lowest BCUT2D eigenvalue weighted by molar-refractivity contribution is -0.149. The number of hydrogen-bond acceptors (Lipinski definition) is 10. The minimum atomic E-state index is -0.518. The van der Waals surface area contributed by atoms with Crippen LogP contribution in [0.4, 0.5) is 0 Å². The number of amides is 2. The summed E-state index contributed by atoms with van der Waals surface area (Å²) in [4.78, 5) is 53.1. The second kappa shape index (κ2) is 15.8. The third-order valence-electron chi connectivity index (χ3n) is 7.02. The molecule has 2 aliphatic rings. The molecule has 0 aromatic heterocycles. The fourth-order valence-electron chi connectivity index (χ4n) is 4.64. The van der Waals surface area contributed by atoms with Gasteiger partial charge in [-0.05, 0) is 37.1 Å². The molecule has 0 N–H and O–H groups in total. The van der Waals surface area contributed by atoms with Gasteiger partial charge in [0.15, 0.2) is 0 Å². The lowest BCUT2D eigenvalue weighted by Crippen LogP contribution is -2.39. The molecule has 12 heteroatoms. The molecule has 0 unspecified atom stereocenters. The Morgan fingerprint density at radius 2 is 1.02 bits per heavy atom. The van der Waals surface area contributed by atoms with Crippen molar-refractivity contribution < 1.29 is 38.1 Å². The Bertz CT molecular complexity index is 1650. The second-order valence-corrected chi connectivity index (χ2v) is 13.1. The molecule has 0 bridgehead atoms. The van der Waals surface area contributed by atoms with Crippen molar-refractivity contribution in [1.82, 2.24) is 10.0 Å². The summed E-state index contributed by atoms with van der Waals surface area (Å²) in [6.07, 6.45) is 0. The van der Waals surface area contributed by atoms with Crippen molar-refractivity contribution in [2.45, 2.75) is 36.7 Å². The molecule has 0 spiro atoms. The quantitative estimate of drug-likeness (QED) is 0.0857. The fraction of sp³-hybridized carbons (Fsp3) is 0.222. The van der Waals surface area contributed by atoms with Gasteiger partial charge in [-0.15, -0.1) is 0 Å². The summed E-state index contributed by atoms with van der Waals surface area (Å²) >= 11 is 2.48. The maximum atomic E-state index is 14.1. The zero-order valence-corrected chi connectivity index (χ0v) is 28.2. The number of thioether (sulfide) groups is 2. The van der Waals surface area contributed by atoms with E-state index in [0.717, 1.165) is 11.1 Å². The van der Waals surface area contributed by atoms with Gasteiger partial charge in [-0.1, -0.05) is 97.3 Å². The number of hydrazine groups is 1. The van der Waals surface area contributed by atoms with Gasteiger partial charge in [-0.2, -0.15) is 0 Å². The molecule has 48 heavy (non-hydrogen) atoms. The number of fused-ring (bicyclic) bond motifs is 1. The number of nitrogens with zero attached hydrogens (tertiary/aromatic N) is 2. The Kier molecular flexibility index (Phi) is 11.3. The van der Waals surface area contributed by atoms with Crippen LogP contribution in [0.5, 0.6) is 11.5 Å². The first kappa shape index (κ1) is 34.4. The SMILES string of the molecule is C=C(C)C(=O)OCCOc1ccc(OCCOC(=O)C(=C)C)c2c1SC(=C1C(=O)N(Cc3ccccc3)N(Cc3ccccc3)C1=O)S2. The van der Waals surface area contributed by atoms with Gasteiger partial charge in [0.1, 0.15) is 43.5 Å². The normalized spacial score (nSPS) is 13.8. The standard InChI is InChI=1S/C36H34N2O8S2/c1-23(2)34(41)45-19-17-43-27-15-16-28(44-18-20-46-35(42)24(3)4)31-30(27)47-36(48-31)29-32(39)37(21-25-11-7-5-8-12-25)38(33(29)40)22-26-13-9-6-10-14-26/h5-16H,1,3,17-22H2,2,4H3. The van der Waals surface area contributed by atoms with E-state index in [1.807, 2.05) is 60.7 Å². The van der Waals surface area contributed by atoms with E-state index in [2.05, 4.69) is 13.2 Å². The average molecular weight is 687 g/mol. The van der Waals surface area contributed by atoms with Gasteiger partial charge in [0.25, 0.3) is 11.8 Å². The third-order valence-corrected chi connectivity index (χ3v) is 9.64. The molecular formula is C36H34N2O8S2. The number of hydrogen-bond donors (Lipinski definition) is 0. The molecule has 5 rings (SSSR count). The molecule has 3 aromatic rings. The van der Waals surface area contributed by atoms with Crippen LogP contribution in [-0.4, -0.2) is 60.2 Å². The van der Waals surface area contributed by atoms with E-state index in [1.165, 1.54) is 33.5 Å². The zero-order valence-electron chi connectivity index (χ0n) is 26.6. The van der Waals surface area contributed by atoms with E-state index in [9.17, 15) is 19.2 Å².